The Balaban J connectivity index is 1.23. The lowest BCUT2D eigenvalue weighted by Gasteiger charge is -2.19. The van der Waals surface area contributed by atoms with Crippen molar-refractivity contribution in [2.75, 3.05) is 48.4 Å². The van der Waals surface area contributed by atoms with Gasteiger partial charge in [0.2, 0.25) is 5.91 Å². The molecule has 0 aliphatic carbocycles. The van der Waals surface area contributed by atoms with Gasteiger partial charge in [-0.05, 0) is 49.2 Å². The maximum absolute atomic E-state index is 12.2. The third-order valence-corrected chi connectivity index (χ3v) is 4.85. The Kier molecular flexibility index (Phi) is 5.32. The average molecular weight is 367 g/mol. The van der Waals surface area contributed by atoms with E-state index in [4.69, 9.17) is 9.47 Å². The van der Waals surface area contributed by atoms with Gasteiger partial charge in [0, 0.05) is 49.2 Å². The van der Waals surface area contributed by atoms with Gasteiger partial charge in [-0.2, -0.15) is 0 Å². The molecule has 0 bridgehead atoms. The molecular formula is C21H25N3O3. The van der Waals surface area contributed by atoms with E-state index < -0.39 is 0 Å². The Morgan fingerprint density at radius 2 is 1.63 bits per heavy atom. The molecule has 1 fully saturated rings. The zero-order valence-corrected chi connectivity index (χ0v) is 15.4. The van der Waals surface area contributed by atoms with Crippen LogP contribution in [0.25, 0.3) is 0 Å². The second kappa shape index (κ2) is 8.20. The molecule has 142 valence electrons. The van der Waals surface area contributed by atoms with E-state index in [1.807, 2.05) is 12.1 Å². The summed E-state index contributed by atoms with van der Waals surface area (Å²) in [4.78, 5) is 14.6. The molecule has 27 heavy (non-hydrogen) atoms. The van der Waals surface area contributed by atoms with Crippen LogP contribution in [0.2, 0.25) is 0 Å². The first-order valence-corrected chi connectivity index (χ1v) is 9.56. The largest absolute Gasteiger partial charge is 0.486 e. The van der Waals surface area contributed by atoms with Gasteiger partial charge in [-0.3, -0.25) is 4.79 Å². The number of hydrogen-bond donors (Lipinski definition) is 2. The van der Waals surface area contributed by atoms with Crippen LogP contribution in [0.5, 0.6) is 11.5 Å². The number of nitrogens with one attached hydrogen (secondary N) is 2. The summed E-state index contributed by atoms with van der Waals surface area (Å²) < 4.78 is 11.0. The highest BCUT2D eigenvalue weighted by molar-refractivity contribution is 5.91. The predicted molar refractivity (Wildman–Crippen MR) is 107 cm³/mol. The average Bonchev–Trinajstić information content (AvgIpc) is 3.23. The van der Waals surface area contributed by atoms with Crippen LogP contribution in [-0.2, 0) is 4.79 Å². The molecule has 0 atom stereocenters. The van der Waals surface area contributed by atoms with Crippen LogP contribution in [0.1, 0.15) is 19.3 Å². The van der Waals surface area contributed by atoms with Crippen molar-refractivity contribution in [3.05, 3.63) is 42.5 Å². The van der Waals surface area contributed by atoms with Crippen LogP contribution in [-0.4, -0.2) is 38.8 Å². The second-order valence-corrected chi connectivity index (χ2v) is 6.82. The minimum atomic E-state index is -0.0344. The van der Waals surface area contributed by atoms with Crippen molar-refractivity contribution in [1.82, 2.24) is 0 Å². The van der Waals surface area contributed by atoms with Gasteiger partial charge in [-0.15, -0.1) is 0 Å². The molecule has 0 unspecified atom stereocenters. The van der Waals surface area contributed by atoms with E-state index in [0.29, 0.717) is 31.9 Å². The normalized spacial score (nSPS) is 15.5. The van der Waals surface area contributed by atoms with Crippen molar-refractivity contribution in [2.24, 2.45) is 0 Å². The predicted octanol–water partition coefficient (Wildman–Crippen LogP) is 3.50. The van der Waals surface area contributed by atoms with E-state index in [1.54, 1.807) is 6.07 Å². The third-order valence-electron chi connectivity index (χ3n) is 4.85. The topological polar surface area (TPSA) is 62.8 Å². The van der Waals surface area contributed by atoms with Crippen molar-refractivity contribution < 1.29 is 14.3 Å². The lowest BCUT2D eigenvalue weighted by atomic mass is 10.2. The summed E-state index contributed by atoms with van der Waals surface area (Å²) in [5.74, 6) is 1.36. The van der Waals surface area contributed by atoms with E-state index in [9.17, 15) is 4.79 Å². The maximum atomic E-state index is 12.2. The molecule has 0 aromatic heterocycles. The van der Waals surface area contributed by atoms with E-state index in [0.717, 1.165) is 30.2 Å². The fourth-order valence-electron chi connectivity index (χ4n) is 3.43. The smallest absolute Gasteiger partial charge is 0.226 e. The lowest BCUT2D eigenvalue weighted by molar-refractivity contribution is -0.115. The Morgan fingerprint density at radius 1 is 0.926 bits per heavy atom. The minimum Gasteiger partial charge on any atom is -0.486 e. The van der Waals surface area contributed by atoms with Gasteiger partial charge < -0.3 is 25.0 Å². The number of ether oxygens (including phenoxy) is 2. The first-order chi connectivity index (χ1) is 13.3. The molecule has 4 rings (SSSR count). The number of carbonyl (C=O) groups is 1. The van der Waals surface area contributed by atoms with Crippen molar-refractivity contribution in [1.29, 1.82) is 0 Å². The number of benzene rings is 2. The number of nitrogens with zero attached hydrogens (tertiary/aromatic N) is 1. The zero-order valence-electron chi connectivity index (χ0n) is 15.4. The van der Waals surface area contributed by atoms with Crippen molar-refractivity contribution >= 4 is 23.0 Å². The Hall–Kier alpha value is -2.89. The monoisotopic (exact) mass is 367 g/mol. The fourth-order valence-corrected chi connectivity index (χ4v) is 3.43. The summed E-state index contributed by atoms with van der Waals surface area (Å²) in [6.07, 6.45) is 2.94. The quantitative estimate of drug-likeness (QED) is 0.818. The molecule has 0 spiro atoms. The van der Waals surface area contributed by atoms with Gasteiger partial charge in [0.1, 0.15) is 13.2 Å². The lowest BCUT2D eigenvalue weighted by Crippen LogP contribution is -2.18. The number of hydrogen-bond acceptors (Lipinski definition) is 5. The molecule has 6 heteroatoms. The van der Waals surface area contributed by atoms with Gasteiger partial charge in [0.15, 0.2) is 11.5 Å². The minimum absolute atomic E-state index is 0.0344. The number of amides is 1. The molecule has 2 heterocycles. The van der Waals surface area contributed by atoms with Crippen molar-refractivity contribution in [2.45, 2.75) is 19.3 Å². The van der Waals surface area contributed by atoms with Crippen LogP contribution in [0.3, 0.4) is 0 Å². The van der Waals surface area contributed by atoms with Crippen LogP contribution < -0.4 is 25.0 Å². The van der Waals surface area contributed by atoms with E-state index in [1.165, 1.54) is 18.5 Å². The fraction of sp³-hybridized carbons (Fsp3) is 0.381. The van der Waals surface area contributed by atoms with Gasteiger partial charge in [-0.25, -0.2) is 0 Å². The molecular weight excluding hydrogens is 342 g/mol. The van der Waals surface area contributed by atoms with E-state index in [-0.39, 0.29) is 5.91 Å². The Labute approximate surface area is 159 Å². The van der Waals surface area contributed by atoms with Crippen LogP contribution in [0.15, 0.2) is 42.5 Å². The Bertz CT molecular complexity index is 786. The highest BCUT2D eigenvalue weighted by Gasteiger charge is 2.13. The number of carbonyl (C=O) groups excluding carboxylic acids is 1. The Morgan fingerprint density at radius 3 is 2.41 bits per heavy atom. The molecule has 2 aromatic rings. The summed E-state index contributed by atoms with van der Waals surface area (Å²) in [6.45, 7) is 3.97. The number of fused-ring (bicyclic) bond motifs is 1. The van der Waals surface area contributed by atoms with Gasteiger partial charge in [-0.1, -0.05) is 0 Å². The molecule has 6 nitrogen and oxygen atoms in total. The summed E-state index contributed by atoms with van der Waals surface area (Å²) in [5, 5.41) is 6.21. The zero-order chi connectivity index (χ0) is 18.5. The molecule has 2 aromatic carbocycles. The molecule has 0 saturated carbocycles. The summed E-state index contributed by atoms with van der Waals surface area (Å²) in [7, 11) is 0. The summed E-state index contributed by atoms with van der Waals surface area (Å²) in [5.41, 5.74) is 3.03. The molecule has 2 N–H and O–H groups in total. The van der Waals surface area contributed by atoms with Gasteiger partial charge >= 0.3 is 0 Å². The number of anilines is 3. The highest BCUT2D eigenvalue weighted by Crippen LogP contribution is 2.32. The molecule has 2 aliphatic rings. The van der Waals surface area contributed by atoms with Crippen molar-refractivity contribution in [3.8, 4) is 11.5 Å². The molecule has 2 aliphatic heterocycles. The van der Waals surface area contributed by atoms with E-state index in [2.05, 4.69) is 39.8 Å². The molecule has 0 radical (unpaired) electrons. The second-order valence-electron chi connectivity index (χ2n) is 6.82. The maximum Gasteiger partial charge on any atom is 0.226 e. The van der Waals surface area contributed by atoms with Crippen LogP contribution >= 0.6 is 0 Å². The van der Waals surface area contributed by atoms with Crippen LogP contribution in [0.4, 0.5) is 17.1 Å². The first kappa shape index (κ1) is 17.5. The highest BCUT2D eigenvalue weighted by atomic mass is 16.6. The van der Waals surface area contributed by atoms with Gasteiger partial charge in [0.25, 0.3) is 0 Å². The van der Waals surface area contributed by atoms with Gasteiger partial charge in [0.05, 0.1) is 0 Å². The standard InChI is InChI=1S/C21H25N3O3/c25-21(23-17-5-8-19-20(15-17)27-14-13-26-19)9-10-22-16-3-6-18(7-4-16)24-11-1-2-12-24/h3-8,15,22H,1-2,9-14H2,(H,23,25). The van der Waals surface area contributed by atoms with E-state index >= 15 is 0 Å². The summed E-state index contributed by atoms with van der Waals surface area (Å²) in [6, 6.07) is 13.9. The summed E-state index contributed by atoms with van der Waals surface area (Å²) >= 11 is 0. The first-order valence-electron chi connectivity index (χ1n) is 9.56. The van der Waals surface area contributed by atoms with Crippen molar-refractivity contribution in [3.63, 3.8) is 0 Å². The SMILES string of the molecule is O=C(CCNc1ccc(N2CCCC2)cc1)Nc1ccc2c(c1)OCCO2. The molecule has 1 saturated heterocycles. The molecule has 1 amide bonds. The third kappa shape index (κ3) is 4.45. The number of rotatable bonds is 6. The van der Waals surface area contributed by atoms with Crippen LogP contribution in [0, 0.1) is 0 Å².